The van der Waals surface area contributed by atoms with Crippen LogP contribution in [0.4, 0.5) is 8.78 Å². The summed E-state index contributed by atoms with van der Waals surface area (Å²) in [5, 5.41) is 0. The minimum atomic E-state index is -0.691. The molecule has 0 atom stereocenters. The number of halogens is 2. The zero-order chi connectivity index (χ0) is 14.8. The number of aromatic nitrogens is 2. The van der Waals surface area contributed by atoms with Crippen LogP contribution in [0.3, 0.4) is 0 Å². The Labute approximate surface area is 118 Å². The van der Waals surface area contributed by atoms with E-state index in [0.29, 0.717) is 11.0 Å². The smallest absolute Gasteiger partial charge is 0.274 e. The molecule has 104 valence electrons. The fourth-order valence-corrected chi connectivity index (χ4v) is 1.99. The first-order valence-electron chi connectivity index (χ1n) is 6.26. The number of hydrogen-bond donors (Lipinski definition) is 1. The molecule has 1 N–H and O–H groups in total. The molecule has 2 aromatic carbocycles. The van der Waals surface area contributed by atoms with Gasteiger partial charge in [0.15, 0.2) is 0 Å². The monoisotopic (exact) mass is 284 g/mol. The van der Waals surface area contributed by atoms with Gasteiger partial charge in [-0.05, 0) is 36.4 Å². The van der Waals surface area contributed by atoms with Gasteiger partial charge in [0.25, 0.3) is 5.56 Å². The number of hydrogen-bond acceptors (Lipinski definition) is 2. The van der Waals surface area contributed by atoms with Crippen LogP contribution < -0.4 is 5.56 Å². The van der Waals surface area contributed by atoms with Crippen LogP contribution in [0, 0.1) is 11.6 Å². The Bertz CT molecular complexity index is 880. The van der Waals surface area contributed by atoms with E-state index in [1.807, 2.05) is 0 Å². The summed E-state index contributed by atoms with van der Waals surface area (Å²) in [5.41, 5.74) is 0.687. The summed E-state index contributed by atoms with van der Waals surface area (Å²) in [4.78, 5) is 18.7. The van der Waals surface area contributed by atoms with Gasteiger partial charge in [0.1, 0.15) is 17.3 Å². The molecule has 5 heteroatoms. The summed E-state index contributed by atoms with van der Waals surface area (Å²) in [5.74, 6) is -1.38. The first-order chi connectivity index (χ1) is 10.1. The van der Waals surface area contributed by atoms with Crippen LogP contribution in [-0.4, -0.2) is 9.97 Å². The lowest BCUT2D eigenvalue weighted by Crippen LogP contribution is -2.11. The molecule has 0 fully saturated rings. The molecule has 1 aromatic heterocycles. The van der Waals surface area contributed by atoms with E-state index in [4.69, 9.17) is 0 Å². The normalized spacial score (nSPS) is 11.3. The second-order valence-electron chi connectivity index (χ2n) is 4.44. The number of para-hydroxylation sites is 2. The minimum absolute atomic E-state index is 0.0938. The van der Waals surface area contributed by atoms with Gasteiger partial charge in [-0.3, -0.25) is 4.79 Å². The maximum absolute atomic E-state index is 13.5. The first-order valence-corrected chi connectivity index (χ1v) is 6.26. The Morgan fingerprint density at radius 1 is 0.952 bits per heavy atom. The first kappa shape index (κ1) is 13.2. The highest BCUT2D eigenvalue weighted by atomic mass is 19.1. The second-order valence-corrected chi connectivity index (χ2v) is 4.44. The fourth-order valence-electron chi connectivity index (χ4n) is 1.99. The molecule has 0 amide bonds. The Kier molecular flexibility index (Phi) is 3.31. The van der Waals surface area contributed by atoms with Gasteiger partial charge in [-0.25, -0.2) is 13.8 Å². The van der Waals surface area contributed by atoms with E-state index in [-0.39, 0.29) is 11.3 Å². The van der Waals surface area contributed by atoms with Crippen LogP contribution in [-0.2, 0) is 0 Å². The number of fused-ring (bicyclic) bond motifs is 1. The molecule has 0 aliphatic carbocycles. The van der Waals surface area contributed by atoms with Gasteiger partial charge in [0, 0.05) is 5.56 Å². The predicted molar refractivity (Wildman–Crippen MR) is 77.6 cm³/mol. The maximum atomic E-state index is 13.5. The Morgan fingerprint density at radius 2 is 1.67 bits per heavy atom. The van der Waals surface area contributed by atoms with Crippen molar-refractivity contribution in [1.29, 1.82) is 0 Å². The highest BCUT2D eigenvalue weighted by molar-refractivity contribution is 5.76. The highest BCUT2D eigenvalue weighted by Gasteiger charge is 2.06. The third-order valence-corrected chi connectivity index (χ3v) is 3.03. The van der Waals surface area contributed by atoms with E-state index in [2.05, 4.69) is 9.97 Å². The highest BCUT2D eigenvalue weighted by Crippen LogP contribution is 2.15. The Hall–Kier alpha value is -2.82. The van der Waals surface area contributed by atoms with Crippen molar-refractivity contribution in [3.05, 3.63) is 75.7 Å². The number of H-pyrrole nitrogens is 1. The Morgan fingerprint density at radius 3 is 2.43 bits per heavy atom. The zero-order valence-corrected chi connectivity index (χ0v) is 10.8. The van der Waals surface area contributed by atoms with Crippen LogP contribution >= 0.6 is 0 Å². The molecule has 0 aliphatic rings. The van der Waals surface area contributed by atoms with Crippen molar-refractivity contribution in [3.8, 4) is 0 Å². The molecule has 0 saturated carbocycles. The minimum Gasteiger partial charge on any atom is -0.319 e. The largest absolute Gasteiger partial charge is 0.319 e. The van der Waals surface area contributed by atoms with Crippen molar-refractivity contribution in [2.24, 2.45) is 0 Å². The predicted octanol–water partition coefficient (Wildman–Crippen LogP) is 3.37. The fraction of sp³-hybridized carbons (Fsp3) is 0. The van der Waals surface area contributed by atoms with Crippen molar-refractivity contribution in [2.75, 3.05) is 0 Å². The quantitative estimate of drug-likeness (QED) is 0.784. The lowest BCUT2D eigenvalue weighted by atomic mass is 10.1. The van der Waals surface area contributed by atoms with Crippen LogP contribution in [0.25, 0.3) is 23.2 Å². The van der Waals surface area contributed by atoms with Crippen LogP contribution in [0.15, 0.2) is 47.3 Å². The number of rotatable bonds is 2. The van der Waals surface area contributed by atoms with Crippen LogP contribution in [0.1, 0.15) is 11.3 Å². The molecule has 3 aromatic rings. The standard InChI is InChI=1S/C16H10F2N2O/c17-11-4-3-5-12(18)10(11)8-9-15-16(21)20-14-7-2-1-6-13(14)19-15/h1-9H,(H,20,21)/b9-8+. The molecule has 0 aliphatic heterocycles. The van der Waals surface area contributed by atoms with E-state index >= 15 is 0 Å². The SMILES string of the molecule is O=c1[nH]c2ccccc2nc1/C=C/c1c(F)cccc1F. The van der Waals surface area contributed by atoms with Gasteiger partial charge >= 0.3 is 0 Å². The van der Waals surface area contributed by atoms with Gasteiger partial charge in [0.2, 0.25) is 0 Å². The van der Waals surface area contributed by atoms with E-state index in [9.17, 15) is 13.6 Å². The lowest BCUT2D eigenvalue weighted by Gasteiger charge is -2.00. The van der Waals surface area contributed by atoms with Gasteiger partial charge in [0.05, 0.1) is 11.0 Å². The number of benzene rings is 2. The third kappa shape index (κ3) is 2.58. The molecule has 0 saturated heterocycles. The van der Waals surface area contributed by atoms with Crippen molar-refractivity contribution < 1.29 is 8.78 Å². The molecular weight excluding hydrogens is 274 g/mol. The summed E-state index contributed by atoms with van der Waals surface area (Å²) >= 11 is 0. The maximum Gasteiger partial charge on any atom is 0.274 e. The molecule has 3 rings (SSSR count). The average Bonchev–Trinajstić information content (AvgIpc) is 2.47. The molecule has 3 nitrogen and oxygen atoms in total. The van der Waals surface area contributed by atoms with Crippen molar-refractivity contribution in [2.45, 2.75) is 0 Å². The van der Waals surface area contributed by atoms with Gasteiger partial charge in [-0.2, -0.15) is 0 Å². The van der Waals surface area contributed by atoms with Crippen molar-refractivity contribution in [3.63, 3.8) is 0 Å². The number of aromatic amines is 1. The average molecular weight is 284 g/mol. The summed E-state index contributed by atoms with van der Waals surface area (Å²) in [6.07, 6.45) is 2.50. The number of nitrogens with zero attached hydrogens (tertiary/aromatic N) is 1. The molecule has 0 unspecified atom stereocenters. The topological polar surface area (TPSA) is 45.8 Å². The molecule has 0 radical (unpaired) electrons. The summed E-state index contributed by atoms with van der Waals surface area (Å²) < 4.78 is 27.0. The van der Waals surface area contributed by atoms with E-state index in [0.717, 1.165) is 12.1 Å². The molecular formula is C16H10F2N2O. The van der Waals surface area contributed by atoms with Gasteiger partial charge in [-0.15, -0.1) is 0 Å². The molecule has 21 heavy (non-hydrogen) atoms. The van der Waals surface area contributed by atoms with E-state index in [1.165, 1.54) is 18.2 Å². The Balaban J connectivity index is 2.07. The van der Waals surface area contributed by atoms with Crippen LogP contribution in [0.5, 0.6) is 0 Å². The molecule has 1 heterocycles. The molecule has 0 spiro atoms. The zero-order valence-electron chi connectivity index (χ0n) is 10.8. The van der Waals surface area contributed by atoms with E-state index < -0.39 is 17.2 Å². The second kappa shape index (κ2) is 5.28. The van der Waals surface area contributed by atoms with Crippen molar-refractivity contribution in [1.82, 2.24) is 9.97 Å². The lowest BCUT2D eigenvalue weighted by molar-refractivity contribution is 0.579. The van der Waals surface area contributed by atoms with Gasteiger partial charge < -0.3 is 4.98 Å². The third-order valence-electron chi connectivity index (χ3n) is 3.03. The van der Waals surface area contributed by atoms with E-state index in [1.54, 1.807) is 24.3 Å². The van der Waals surface area contributed by atoms with Gasteiger partial charge in [-0.1, -0.05) is 18.2 Å². The molecule has 0 bridgehead atoms. The van der Waals surface area contributed by atoms with Crippen molar-refractivity contribution >= 4 is 23.2 Å². The summed E-state index contributed by atoms with van der Waals surface area (Å²) in [6, 6.07) is 10.6. The summed E-state index contributed by atoms with van der Waals surface area (Å²) in [7, 11) is 0. The van der Waals surface area contributed by atoms with Crippen LogP contribution in [0.2, 0.25) is 0 Å². The summed E-state index contributed by atoms with van der Waals surface area (Å²) in [6.45, 7) is 0. The number of nitrogens with one attached hydrogen (secondary N) is 1.